The summed E-state index contributed by atoms with van der Waals surface area (Å²) in [6.45, 7) is -1.12. The fourth-order valence-corrected chi connectivity index (χ4v) is 2.45. The van der Waals surface area contributed by atoms with Gasteiger partial charge in [0, 0.05) is 5.69 Å². The van der Waals surface area contributed by atoms with E-state index in [1.54, 1.807) is 6.07 Å². The summed E-state index contributed by atoms with van der Waals surface area (Å²) in [4.78, 5) is 16.1. The van der Waals surface area contributed by atoms with Crippen LogP contribution in [0.4, 0.5) is 18.9 Å². The van der Waals surface area contributed by atoms with Crippen molar-refractivity contribution in [1.82, 2.24) is 9.55 Å². The number of nitrogens with one attached hydrogen (secondary N) is 1. The lowest BCUT2D eigenvalue weighted by Crippen LogP contribution is -2.37. The van der Waals surface area contributed by atoms with E-state index in [-0.39, 0.29) is 0 Å². The molecule has 0 radical (unpaired) electrons. The van der Waals surface area contributed by atoms with Gasteiger partial charge in [-0.15, -0.1) is 0 Å². The smallest absolute Gasteiger partial charge is 0.406 e. The maximum atomic E-state index is 12.5. The average Bonchev–Trinajstić information content (AvgIpc) is 3.16. The lowest BCUT2D eigenvalue weighted by atomic mass is 10.1. The molecule has 132 valence electrons. The first-order valence-corrected chi connectivity index (χ1v) is 7.41. The van der Waals surface area contributed by atoms with E-state index in [1.807, 2.05) is 0 Å². The third kappa shape index (κ3) is 4.18. The molecule has 0 aliphatic rings. The maximum absolute atomic E-state index is 12.5. The molecule has 0 aliphatic carbocycles. The van der Waals surface area contributed by atoms with Gasteiger partial charge in [0.1, 0.15) is 6.54 Å². The molecule has 3 rings (SSSR count). The van der Waals surface area contributed by atoms with Crippen LogP contribution in [0.3, 0.4) is 0 Å². The van der Waals surface area contributed by atoms with Crippen LogP contribution in [0.2, 0.25) is 0 Å². The molecule has 6 nitrogen and oxygen atoms in total. The Balaban J connectivity index is 1.70. The van der Waals surface area contributed by atoms with Crippen LogP contribution in [0.5, 0.6) is 0 Å². The Bertz CT molecular complexity index is 871. The zero-order valence-electron chi connectivity index (χ0n) is 13.0. The number of alkyl halides is 3. The van der Waals surface area contributed by atoms with Crippen molar-refractivity contribution in [1.29, 1.82) is 0 Å². The molecule has 25 heavy (non-hydrogen) atoms. The van der Waals surface area contributed by atoms with Gasteiger partial charge in [0.15, 0.2) is 0 Å². The van der Waals surface area contributed by atoms with E-state index in [9.17, 15) is 18.0 Å². The quantitative estimate of drug-likeness (QED) is 0.739. The number of carbonyl (C=O) groups excluding carboxylic acids is 1. The van der Waals surface area contributed by atoms with E-state index in [0.717, 1.165) is 16.5 Å². The van der Waals surface area contributed by atoms with Crippen molar-refractivity contribution < 1.29 is 22.4 Å². The van der Waals surface area contributed by atoms with Gasteiger partial charge < -0.3 is 20.0 Å². The van der Waals surface area contributed by atoms with Gasteiger partial charge in [0.25, 0.3) is 0 Å². The van der Waals surface area contributed by atoms with E-state index in [0.29, 0.717) is 23.1 Å². The summed E-state index contributed by atoms with van der Waals surface area (Å²) >= 11 is 0. The lowest BCUT2D eigenvalue weighted by molar-refractivity contribution is -0.140. The summed E-state index contributed by atoms with van der Waals surface area (Å²) in [5.41, 5.74) is 7.74. The summed E-state index contributed by atoms with van der Waals surface area (Å²) in [5.74, 6) is -0.407. The number of hydrogen-bond donors (Lipinski definition) is 2. The molecule has 0 spiro atoms. The molecule has 3 aromatic rings. The van der Waals surface area contributed by atoms with Crippen LogP contribution in [0.15, 0.2) is 47.5 Å². The highest BCUT2D eigenvalue weighted by Gasteiger charge is 2.28. The van der Waals surface area contributed by atoms with E-state index < -0.39 is 24.7 Å². The fourth-order valence-electron chi connectivity index (χ4n) is 2.45. The van der Waals surface area contributed by atoms with Crippen molar-refractivity contribution >= 4 is 22.6 Å². The van der Waals surface area contributed by atoms with Gasteiger partial charge in [-0.3, -0.25) is 4.79 Å². The topological polar surface area (TPSA) is 86.1 Å². The van der Waals surface area contributed by atoms with Crippen molar-refractivity contribution in [3.8, 4) is 0 Å². The number of rotatable bonds is 5. The van der Waals surface area contributed by atoms with Crippen molar-refractivity contribution in [2.24, 2.45) is 5.73 Å². The van der Waals surface area contributed by atoms with Crippen LogP contribution in [0.25, 0.3) is 11.0 Å². The van der Waals surface area contributed by atoms with Crippen LogP contribution in [0, 0.1) is 0 Å². The number of amides is 1. The zero-order valence-corrected chi connectivity index (χ0v) is 13.0. The Morgan fingerprint density at radius 2 is 2.16 bits per heavy atom. The Morgan fingerprint density at radius 3 is 2.84 bits per heavy atom. The maximum Gasteiger partial charge on any atom is 0.406 e. The average molecular weight is 352 g/mol. The molecule has 0 saturated heterocycles. The molecule has 1 amide bonds. The standard InChI is InChI=1S/C16H15F3N4O2/c17-16(18,19)8-23-9-21-13-6-11(1-2-14(13)23)22-15(24)12(20)5-10-3-4-25-7-10/h1-4,6-7,9,12H,5,8,20H2,(H,22,24). The van der Waals surface area contributed by atoms with E-state index in [1.165, 1.54) is 30.7 Å². The number of anilines is 1. The number of carbonyl (C=O) groups is 1. The summed E-state index contributed by atoms with van der Waals surface area (Å²) in [6, 6.07) is 5.43. The van der Waals surface area contributed by atoms with Crippen molar-refractivity contribution in [3.05, 3.63) is 48.7 Å². The molecule has 0 bridgehead atoms. The SMILES string of the molecule is NC(Cc1ccoc1)C(=O)Nc1ccc2c(c1)ncn2CC(F)(F)F. The highest BCUT2D eigenvalue weighted by molar-refractivity contribution is 5.96. The van der Waals surface area contributed by atoms with Crippen molar-refractivity contribution in [2.75, 3.05) is 5.32 Å². The molecule has 1 unspecified atom stereocenters. The predicted molar refractivity (Wildman–Crippen MR) is 84.8 cm³/mol. The lowest BCUT2D eigenvalue weighted by Gasteiger charge is -2.12. The summed E-state index contributed by atoms with van der Waals surface area (Å²) in [6.07, 6.45) is 0.0944. The second-order valence-corrected chi connectivity index (χ2v) is 5.62. The Hall–Kier alpha value is -2.81. The van der Waals surface area contributed by atoms with Gasteiger partial charge in [-0.25, -0.2) is 4.98 Å². The van der Waals surface area contributed by atoms with Crippen LogP contribution in [-0.2, 0) is 17.8 Å². The van der Waals surface area contributed by atoms with Crippen LogP contribution in [-0.4, -0.2) is 27.7 Å². The molecule has 1 atom stereocenters. The third-order valence-electron chi connectivity index (χ3n) is 3.61. The van der Waals surface area contributed by atoms with Gasteiger partial charge in [-0.05, 0) is 36.2 Å². The summed E-state index contributed by atoms with van der Waals surface area (Å²) in [7, 11) is 0. The molecular formula is C16H15F3N4O2. The number of benzene rings is 1. The Labute approximate surface area is 140 Å². The van der Waals surface area contributed by atoms with Crippen molar-refractivity contribution in [3.63, 3.8) is 0 Å². The third-order valence-corrected chi connectivity index (χ3v) is 3.61. The molecule has 1 aromatic carbocycles. The van der Waals surface area contributed by atoms with E-state index in [4.69, 9.17) is 10.2 Å². The largest absolute Gasteiger partial charge is 0.472 e. The monoisotopic (exact) mass is 352 g/mol. The molecule has 0 fully saturated rings. The van der Waals surface area contributed by atoms with Gasteiger partial charge in [0.2, 0.25) is 5.91 Å². The zero-order chi connectivity index (χ0) is 18.0. The number of nitrogens with zero attached hydrogens (tertiary/aromatic N) is 2. The second-order valence-electron chi connectivity index (χ2n) is 5.62. The van der Waals surface area contributed by atoms with Crippen LogP contribution >= 0.6 is 0 Å². The van der Waals surface area contributed by atoms with Crippen molar-refractivity contribution in [2.45, 2.75) is 25.2 Å². The molecule has 2 heterocycles. The number of hydrogen-bond acceptors (Lipinski definition) is 4. The molecular weight excluding hydrogens is 337 g/mol. The number of fused-ring (bicyclic) bond motifs is 1. The molecule has 0 aliphatic heterocycles. The number of nitrogens with two attached hydrogens (primary N) is 1. The molecule has 3 N–H and O–H groups in total. The molecule has 2 aromatic heterocycles. The Morgan fingerprint density at radius 1 is 1.36 bits per heavy atom. The minimum absolute atomic E-state index is 0.310. The summed E-state index contributed by atoms with van der Waals surface area (Å²) in [5, 5.41) is 2.64. The van der Waals surface area contributed by atoms with Gasteiger partial charge in [-0.2, -0.15) is 13.2 Å². The Kier molecular flexibility index (Phi) is 4.49. The first-order valence-electron chi connectivity index (χ1n) is 7.41. The first-order chi connectivity index (χ1) is 11.8. The van der Waals surface area contributed by atoms with Gasteiger partial charge in [0.05, 0.1) is 35.9 Å². The van der Waals surface area contributed by atoms with Gasteiger partial charge >= 0.3 is 6.18 Å². The van der Waals surface area contributed by atoms with Crippen LogP contribution in [0.1, 0.15) is 5.56 Å². The van der Waals surface area contributed by atoms with E-state index >= 15 is 0 Å². The number of furan rings is 1. The normalized spacial score (nSPS) is 13.1. The second kappa shape index (κ2) is 6.60. The number of halogens is 3. The fraction of sp³-hybridized carbons (Fsp3) is 0.250. The molecule has 9 heteroatoms. The molecule has 0 saturated carbocycles. The minimum Gasteiger partial charge on any atom is -0.472 e. The predicted octanol–water partition coefficient (Wildman–Crippen LogP) is 2.70. The summed E-state index contributed by atoms with van der Waals surface area (Å²) < 4.78 is 43.5. The highest BCUT2D eigenvalue weighted by Crippen LogP contribution is 2.23. The van der Waals surface area contributed by atoms with E-state index in [2.05, 4.69) is 10.3 Å². The number of imidazole rings is 1. The first kappa shape index (κ1) is 17.0. The number of aromatic nitrogens is 2. The minimum atomic E-state index is -4.33. The van der Waals surface area contributed by atoms with Crippen LogP contribution < -0.4 is 11.1 Å². The highest BCUT2D eigenvalue weighted by atomic mass is 19.4. The van der Waals surface area contributed by atoms with Gasteiger partial charge in [-0.1, -0.05) is 0 Å².